The van der Waals surface area contributed by atoms with Gasteiger partial charge in [0.2, 0.25) is 9.84 Å². The van der Waals surface area contributed by atoms with E-state index < -0.39 is 9.84 Å². The van der Waals surface area contributed by atoms with Crippen molar-refractivity contribution in [3.8, 4) is 6.07 Å². The van der Waals surface area contributed by atoms with Crippen molar-refractivity contribution in [3.63, 3.8) is 0 Å². The van der Waals surface area contributed by atoms with E-state index in [1.54, 1.807) is 18.2 Å². The summed E-state index contributed by atoms with van der Waals surface area (Å²) < 4.78 is 26.8. The molecule has 4 nitrogen and oxygen atoms in total. The number of rotatable bonds is 8. The van der Waals surface area contributed by atoms with Crippen molar-refractivity contribution in [3.05, 3.63) is 105 Å². The minimum atomic E-state index is -3.98. The second-order valence-corrected chi connectivity index (χ2v) is 10.3. The maximum absolute atomic E-state index is 13.4. The fourth-order valence-corrected chi connectivity index (χ4v) is 5.99. The molecule has 32 heavy (non-hydrogen) atoms. The molecule has 0 aliphatic heterocycles. The first kappa shape index (κ1) is 23.6. The number of allylic oxidation sites excluding steroid dienone is 1. The van der Waals surface area contributed by atoms with E-state index in [0.717, 1.165) is 34.4 Å². The number of aryl methyl sites for hydroxylation is 3. The number of hydrogen-bond donors (Lipinski definition) is 1. The molecule has 3 aromatic rings. The highest BCUT2D eigenvalue weighted by Crippen LogP contribution is 2.34. The molecule has 0 saturated heterocycles. The van der Waals surface area contributed by atoms with Crippen LogP contribution in [0.3, 0.4) is 0 Å². The summed E-state index contributed by atoms with van der Waals surface area (Å²) in [4.78, 5) is -0.166. The molecule has 0 bridgehead atoms. The first-order valence-electron chi connectivity index (χ1n) is 10.4. The van der Waals surface area contributed by atoms with E-state index in [-0.39, 0.29) is 9.80 Å². The number of thioether (sulfide) groups is 1. The highest BCUT2D eigenvalue weighted by atomic mass is 32.2. The van der Waals surface area contributed by atoms with Gasteiger partial charge in [-0.3, -0.25) is 0 Å². The Morgan fingerprint density at radius 2 is 1.53 bits per heavy atom. The molecule has 164 valence electrons. The molecule has 3 aromatic carbocycles. The first-order chi connectivity index (χ1) is 15.4. The van der Waals surface area contributed by atoms with Crippen LogP contribution in [0.25, 0.3) is 0 Å². The predicted molar refractivity (Wildman–Crippen MR) is 133 cm³/mol. The Labute approximate surface area is 194 Å². The summed E-state index contributed by atoms with van der Waals surface area (Å²) >= 11 is 1.33. The molecule has 0 amide bonds. The van der Waals surface area contributed by atoms with Gasteiger partial charge in [-0.25, -0.2) is 8.42 Å². The van der Waals surface area contributed by atoms with E-state index in [1.165, 1.54) is 23.9 Å². The average Bonchev–Trinajstić information content (AvgIpc) is 2.80. The maximum atomic E-state index is 13.4. The Bertz CT molecular complexity index is 1270. The van der Waals surface area contributed by atoms with Crippen molar-refractivity contribution in [2.24, 2.45) is 0 Å². The first-order valence-corrected chi connectivity index (χ1v) is 12.8. The molecule has 0 spiro atoms. The lowest BCUT2D eigenvalue weighted by atomic mass is 10.1. The quantitative estimate of drug-likeness (QED) is 0.394. The van der Waals surface area contributed by atoms with Crippen molar-refractivity contribution >= 4 is 27.3 Å². The van der Waals surface area contributed by atoms with Crippen molar-refractivity contribution in [2.45, 2.75) is 37.8 Å². The molecule has 0 aliphatic rings. The molecule has 0 atom stereocenters. The molecular formula is C26H26N2O2S2. The van der Waals surface area contributed by atoms with Gasteiger partial charge in [0.15, 0.2) is 4.91 Å². The number of nitrogens with zero attached hydrogens (tertiary/aromatic N) is 1. The molecule has 1 N–H and O–H groups in total. The number of hydrogen-bond acceptors (Lipinski definition) is 5. The lowest BCUT2D eigenvalue weighted by Gasteiger charge is -2.18. The highest BCUT2D eigenvalue weighted by molar-refractivity contribution is 8.04. The molecular weight excluding hydrogens is 436 g/mol. The third-order valence-corrected chi connectivity index (χ3v) is 8.15. The van der Waals surface area contributed by atoms with E-state index in [0.29, 0.717) is 10.8 Å². The average molecular weight is 463 g/mol. The zero-order valence-electron chi connectivity index (χ0n) is 18.4. The monoisotopic (exact) mass is 462 g/mol. The fourth-order valence-electron chi connectivity index (χ4n) is 3.35. The van der Waals surface area contributed by atoms with Crippen molar-refractivity contribution < 1.29 is 8.42 Å². The third kappa shape index (κ3) is 5.24. The third-order valence-electron chi connectivity index (χ3n) is 5.24. The second kappa shape index (κ2) is 10.5. The molecule has 6 heteroatoms. The number of para-hydroxylation sites is 1. The van der Waals surface area contributed by atoms with Crippen LogP contribution in [0.1, 0.15) is 29.2 Å². The van der Waals surface area contributed by atoms with Gasteiger partial charge in [-0.05, 0) is 54.7 Å². The van der Waals surface area contributed by atoms with Gasteiger partial charge >= 0.3 is 0 Å². The standard InChI is InChI=1S/C26H26N2O2S2/c1-4-21-14-10-12-20(3)25(21)28-26(31-18-22-13-9-8-11-19(22)2)24(17-27)32(29,30)23-15-6-5-7-16-23/h5-16,28H,4,18H2,1-3H3. The van der Waals surface area contributed by atoms with Crippen LogP contribution in [-0.2, 0) is 22.0 Å². The number of benzene rings is 3. The van der Waals surface area contributed by atoms with Gasteiger partial charge in [-0.15, -0.1) is 11.8 Å². The summed E-state index contributed by atoms with van der Waals surface area (Å²) in [5.74, 6) is 0.540. The normalized spacial score (nSPS) is 12.1. The van der Waals surface area contributed by atoms with Gasteiger partial charge in [-0.2, -0.15) is 5.26 Å². The van der Waals surface area contributed by atoms with Gasteiger partial charge in [0.1, 0.15) is 11.1 Å². The minimum absolute atomic E-state index is 0.104. The van der Waals surface area contributed by atoms with Crippen molar-refractivity contribution in [2.75, 3.05) is 5.32 Å². The Balaban J connectivity index is 2.12. The number of nitriles is 1. The Morgan fingerprint density at radius 1 is 0.906 bits per heavy atom. The van der Waals surface area contributed by atoms with Crippen LogP contribution >= 0.6 is 11.8 Å². The fraction of sp³-hybridized carbons (Fsp3) is 0.192. The topological polar surface area (TPSA) is 70.0 Å². The summed E-state index contributed by atoms with van der Waals surface area (Å²) in [7, 11) is -3.98. The van der Waals surface area contributed by atoms with Gasteiger partial charge in [0.05, 0.1) is 4.90 Å². The summed E-state index contributed by atoms with van der Waals surface area (Å²) in [6.07, 6.45) is 0.785. The number of sulfone groups is 1. The maximum Gasteiger partial charge on any atom is 0.219 e. The van der Waals surface area contributed by atoms with Crippen LogP contribution in [0, 0.1) is 25.2 Å². The lowest BCUT2D eigenvalue weighted by Crippen LogP contribution is -2.11. The number of anilines is 1. The SMILES string of the molecule is CCc1cccc(C)c1NC(SCc1ccccc1C)=C(C#N)S(=O)(=O)c1ccccc1. The van der Waals surface area contributed by atoms with Crippen LogP contribution in [0.4, 0.5) is 5.69 Å². The van der Waals surface area contributed by atoms with E-state index in [9.17, 15) is 13.7 Å². The summed E-state index contributed by atoms with van der Waals surface area (Å²) in [6.45, 7) is 6.05. The molecule has 0 fully saturated rings. The zero-order chi connectivity index (χ0) is 23.1. The molecule has 3 rings (SSSR count). The van der Waals surface area contributed by atoms with Crippen molar-refractivity contribution in [1.82, 2.24) is 0 Å². The van der Waals surface area contributed by atoms with Crippen LogP contribution in [-0.4, -0.2) is 8.42 Å². The van der Waals surface area contributed by atoms with Crippen LogP contribution in [0.15, 0.2) is 87.6 Å². The summed E-state index contributed by atoms with van der Waals surface area (Å²) in [5.41, 5.74) is 5.11. The smallest absolute Gasteiger partial charge is 0.219 e. The lowest BCUT2D eigenvalue weighted by molar-refractivity contribution is 0.603. The molecule has 0 radical (unpaired) electrons. The number of nitrogens with one attached hydrogen (secondary N) is 1. The van der Waals surface area contributed by atoms with E-state index in [1.807, 2.05) is 62.4 Å². The molecule has 0 aromatic heterocycles. The van der Waals surface area contributed by atoms with Crippen molar-refractivity contribution in [1.29, 1.82) is 5.26 Å². The van der Waals surface area contributed by atoms with Gasteiger partial charge in [0, 0.05) is 11.4 Å². The molecule has 0 unspecified atom stereocenters. The summed E-state index contributed by atoms with van der Waals surface area (Å²) in [5, 5.41) is 13.6. The highest BCUT2D eigenvalue weighted by Gasteiger charge is 2.26. The van der Waals surface area contributed by atoms with Gasteiger partial charge in [-0.1, -0.05) is 67.6 Å². The minimum Gasteiger partial charge on any atom is -0.348 e. The second-order valence-electron chi connectivity index (χ2n) is 7.39. The Kier molecular flexibility index (Phi) is 7.79. The van der Waals surface area contributed by atoms with Gasteiger partial charge < -0.3 is 5.32 Å². The molecule has 0 heterocycles. The largest absolute Gasteiger partial charge is 0.348 e. The van der Waals surface area contributed by atoms with Crippen LogP contribution in [0.2, 0.25) is 0 Å². The Hall–Kier alpha value is -3.01. The summed E-state index contributed by atoms with van der Waals surface area (Å²) in [6, 6.07) is 24.0. The van der Waals surface area contributed by atoms with Crippen LogP contribution in [0.5, 0.6) is 0 Å². The van der Waals surface area contributed by atoms with Crippen LogP contribution < -0.4 is 5.32 Å². The Morgan fingerprint density at radius 3 is 2.19 bits per heavy atom. The van der Waals surface area contributed by atoms with E-state index in [4.69, 9.17) is 0 Å². The molecule has 0 saturated carbocycles. The predicted octanol–water partition coefficient (Wildman–Crippen LogP) is 6.38. The molecule has 0 aliphatic carbocycles. The van der Waals surface area contributed by atoms with Gasteiger partial charge in [0.25, 0.3) is 0 Å². The van der Waals surface area contributed by atoms with E-state index >= 15 is 0 Å². The zero-order valence-corrected chi connectivity index (χ0v) is 20.1. The van der Waals surface area contributed by atoms with E-state index in [2.05, 4.69) is 12.2 Å².